The smallest absolute Gasteiger partial charge is 0.0820 e. The largest absolute Gasteiger partial charge is 0.388 e. The number of methoxy groups -OCH3 is 1. The Morgan fingerprint density at radius 2 is 2.00 bits per heavy atom. The first-order valence-electron chi connectivity index (χ1n) is 6.98. The summed E-state index contributed by atoms with van der Waals surface area (Å²) < 4.78 is 5.07. The molecule has 1 N–H and O–H groups in total. The fraction of sp³-hybridized carbons (Fsp3) is 0.625. The van der Waals surface area contributed by atoms with Gasteiger partial charge in [0, 0.05) is 7.11 Å². The third-order valence-corrected chi connectivity index (χ3v) is 4.25. The summed E-state index contributed by atoms with van der Waals surface area (Å²) in [4.78, 5) is 0. The number of aliphatic hydroxyl groups is 1. The molecule has 0 saturated heterocycles. The average molecular weight is 248 g/mol. The van der Waals surface area contributed by atoms with E-state index in [2.05, 4.69) is 31.2 Å². The van der Waals surface area contributed by atoms with Crippen molar-refractivity contribution in [1.82, 2.24) is 0 Å². The molecule has 1 aliphatic carbocycles. The van der Waals surface area contributed by atoms with Crippen molar-refractivity contribution in [3.63, 3.8) is 0 Å². The minimum absolute atomic E-state index is 0.293. The number of benzene rings is 1. The second kappa shape index (κ2) is 6.35. The predicted octanol–water partition coefficient (Wildman–Crippen LogP) is 3.35. The Hall–Kier alpha value is -0.860. The molecule has 2 heteroatoms. The minimum Gasteiger partial charge on any atom is -0.388 e. The van der Waals surface area contributed by atoms with E-state index in [1.54, 1.807) is 7.11 Å². The molecule has 0 aromatic heterocycles. The Morgan fingerprint density at radius 3 is 2.56 bits per heavy atom. The summed E-state index contributed by atoms with van der Waals surface area (Å²) in [6, 6.07) is 8.36. The molecule has 3 atom stereocenters. The fourth-order valence-corrected chi connectivity index (χ4v) is 2.99. The Labute approximate surface area is 110 Å². The van der Waals surface area contributed by atoms with E-state index in [4.69, 9.17) is 4.74 Å². The lowest BCUT2D eigenvalue weighted by Gasteiger charge is -2.22. The highest BCUT2D eigenvalue weighted by atomic mass is 16.5. The Bertz CT molecular complexity index is 358. The molecule has 0 bridgehead atoms. The zero-order valence-corrected chi connectivity index (χ0v) is 11.4. The number of hydrogen-bond donors (Lipinski definition) is 1. The third kappa shape index (κ3) is 3.12. The van der Waals surface area contributed by atoms with Crippen LogP contribution in [0.1, 0.15) is 43.4 Å². The van der Waals surface area contributed by atoms with E-state index >= 15 is 0 Å². The van der Waals surface area contributed by atoms with Gasteiger partial charge in [-0.05, 0) is 35.8 Å². The predicted molar refractivity (Wildman–Crippen MR) is 73.5 cm³/mol. The van der Waals surface area contributed by atoms with Crippen molar-refractivity contribution in [1.29, 1.82) is 0 Å². The summed E-state index contributed by atoms with van der Waals surface area (Å²) in [6.07, 6.45) is 4.32. The molecule has 0 radical (unpaired) electrons. The van der Waals surface area contributed by atoms with E-state index in [1.807, 2.05) is 0 Å². The number of aliphatic hydroxyl groups excluding tert-OH is 1. The van der Waals surface area contributed by atoms with Gasteiger partial charge in [-0.2, -0.15) is 0 Å². The van der Waals surface area contributed by atoms with Gasteiger partial charge >= 0.3 is 0 Å². The normalized spacial score (nSPS) is 25.3. The van der Waals surface area contributed by atoms with Crippen LogP contribution in [-0.4, -0.2) is 18.8 Å². The minimum atomic E-state index is -0.293. The lowest BCUT2D eigenvalue weighted by atomic mass is 9.88. The van der Waals surface area contributed by atoms with Gasteiger partial charge in [-0.3, -0.25) is 0 Å². The van der Waals surface area contributed by atoms with Crippen LogP contribution in [0.4, 0.5) is 0 Å². The van der Waals surface area contributed by atoms with E-state index in [0.29, 0.717) is 11.8 Å². The van der Waals surface area contributed by atoms with Crippen LogP contribution >= 0.6 is 0 Å². The summed E-state index contributed by atoms with van der Waals surface area (Å²) in [6.45, 7) is 3.01. The molecule has 1 aliphatic rings. The van der Waals surface area contributed by atoms with Gasteiger partial charge in [0.2, 0.25) is 0 Å². The van der Waals surface area contributed by atoms with Crippen LogP contribution in [0.3, 0.4) is 0 Å². The SMILES string of the molecule is COCCc1ccc(C(O)C2CCCC2C)cc1. The molecule has 1 fully saturated rings. The Balaban J connectivity index is 2.00. The van der Waals surface area contributed by atoms with Crippen molar-refractivity contribution in [3.8, 4) is 0 Å². The molecule has 0 amide bonds. The van der Waals surface area contributed by atoms with Crippen LogP contribution in [0.5, 0.6) is 0 Å². The summed E-state index contributed by atoms with van der Waals surface area (Å²) in [5.41, 5.74) is 2.34. The first-order valence-corrected chi connectivity index (χ1v) is 6.98. The Morgan fingerprint density at radius 1 is 1.28 bits per heavy atom. The second-order valence-electron chi connectivity index (χ2n) is 5.50. The molecule has 2 rings (SSSR count). The van der Waals surface area contributed by atoms with Crippen LogP contribution in [-0.2, 0) is 11.2 Å². The van der Waals surface area contributed by atoms with Crippen molar-refractivity contribution >= 4 is 0 Å². The van der Waals surface area contributed by atoms with Crippen LogP contribution < -0.4 is 0 Å². The monoisotopic (exact) mass is 248 g/mol. The summed E-state index contributed by atoms with van der Waals surface area (Å²) in [5, 5.41) is 10.4. The molecule has 1 aromatic rings. The van der Waals surface area contributed by atoms with Gasteiger partial charge in [0.1, 0.15) is 0 Å². The maximum atomic E-state index is 10.4. The van der Waals surface area contributed by atoms with Crippen molar-refractivity contribution in [3.05, 3.63) is 35.4 Å². The van der Waals surface area contributed by atoms with Crippen LogP contribution in [0.25, 0.3) is 0 Å². The zero-order chi connectivity index (χ0) is 13.0. The lowest BCUT2D eigenvalue weighted by molar-refractivity contribution is 0.0900. The molecule has 100 valence electrons. The molecule has 0 heterocycles. The molecular weight excluding hydrogens is 224 g/mol. The fourth-order valence-electron chi connectivity index (χ4n) is 2.99. The lowest BCUT2D eigenvalue weighted by Crippen LogP contribution is -2.15. The standard InChI is InChI=1S/C16H24O2/c1-12-4-3-5-15(12)16(17)14-8-6-13(7-9-14)10-11-18-2/h6-9,12,15-17H,3-5,10-11H2,1-2H3. The van der Waals surface area contributed by atoms with Gasteiger partial charge in [0.05, 0.1) is 12.7 Å². The third-order valence-electron chi connectivity index (χ3n) is 4.25. The van der Waals surface area contributed by atoms with E-state index in [9.17, 15) is 5.11 Å². The first-order chi connectivity index (χ1) is 8.72. The van der Waals surface area contributed by atoms with Gasteiger partial charge < -0.3 is 9.84 Å². The highest BCUT2D eigenvalue weighted by molar-refractivity contribution is 5.25. The highest BCUT2D eigenvalue weighted by Gasteiger charge is 2.30. The van der Waals surface area contributed by atoms with Gasteiger partial charge in [0.15, 0.2) is 0 Å². The van der Waals surface area contributed by atoms with Crippen molar-refractivity contribution in [2.45, 2.75) is 38.7 Å². The molecule has 3 unspecified atom stereocenters. The Kier molecular flexibility index (Phi) is 4.79. The quantitative estimate of drug-likeness (QED) is 0.866. The molecule has 0 spiro atoms. The van der Waals surface area contributed by atoms with Gasteiger partial charge in [-0.15, -0.1) is 0 Å². The average Bonchev–Trinajstić information content (AvgIpc) is 2.82. The van der Waals surface area contributed by atoms with Gasteiger partial charge in [0.25, 0.3) is 0 Å². The van der Waals surface area contributed by atoms with Crippen LogP contribution in [0.2, 0.25) is 0 Å². The molecule has 18 heavy (non-hydrogen) atoms. The van der Waals surface area contributed by atoms with E-state index in [1.165, 1.54) is 18.4 Å². The number of hydrogen-bond acceptors (Lipinski definition) is 2. The number of ether oxygens (including phenoxy) is 1. The van der Waals surface area contributed by atoms with E-state index < -0.39 is 0 Å². The van der Waals surface area contributed by atoms with Gasteiger partial charge in [-0.1, -0.05) is 44.0 Å². The maximum Gasteiger partial charge on any atom is 0.0820 e. The van der Waals surface area contributed by atoms with Crippen molar-refractivity contribution < 1.29 is 9.84 Å². The molecule has 2 nitrogen and oxygen atoms in total. The molecule has 0 aliphatic heterocycles. The van der Waals surface area contributed by atoms with E-state index in [-0.39, 0.29) is 6.10 Å². The summed E-state index contributed by atoms with van der Waals surface area (Å²) in [7, 11) is 1.72. The van der Waals surface area contributed by atoms with Crippen molar-refractivity contribution in [2.75, 3.05) is 13.7 Å². The molecule has 1 saturated carbocycles. The van der Waals surface area contributed by atoms with Gasteiger partial charge in [-0.25, -0.2) is 0 Å². The summed E-state index contributed by atoms with van der Waals surface area (Å²) in [5.74, 6) is 1.09. The highest BCUT2D eigenvalue weighted by Crippen LogP contribution is 2.39. The maximum absolute atomic E-state index is 10.4. The van der Waals surface area contributed by atoms with E-state index in [0.717, 1.165) is 25.0 Å². The first kappa shape index (κ1) is 13.6. The molecule has 1 aromatic carbocycles. The molecular formula is C16H24O2. The zero-order valence-electron chi connectivity index (χ0n) is 11.4. The number of rotatable bonds is 5. The van der Waals surface area contributed by atoms with Crippen molar-refractivity contribution in [2.24, 2.45) is 11.8 Å². The summed E-state index contributed by atoms with van der Waals surface area (Å²) >= 11 is 0. The topological polar surface area (TPSA) is 29.5 Å². The van der Waals surface area contributed by atoms with Crippen LogP contribution in [0.15, 0.2) is 24.3 Å². The second-order valence-corrected chi connectivity index (χ2v) is 5.50. The van der Waals surface area contributed by atoms with Crippen LogP contribution in [0, 0.1) is 11.8 Å².